The Morgan fingerprint density at radius 2 is 1.48 bits per heavy atom. The maximum Gasteiger partial charge on any atom is 0.136 e. The highest BCUT2D eigenvalue weighted by atomic mass is 16.1. The molecule has 1 fully saturated rings. The van der Waals surface area contributed by atoms with Gasteiger partial charge in [-0.25, -0.2) is 0 Å². The molecule has 0 aliphatic heterocycles. The number of rotatable bonds is 9. The summed E-state index contributed by atoms with van der Waals surface area (Å²) in [6, 6.07) is 21.7. The monoisotopic (exact) mass is 333 g/mol. The van der Waals surface area contributed by atoms with Crippen LogP contribution in [0.5, 0.6) is 0 Å². The molecule has 0 atom stereocenters. The molecule has 3 rings (SSSR count). The van der Waals surface area contributed by atoms with Gasteiger partial charge in [0.15, 0.2) is 0 Å². The lowest BCUT2D eigenvalue weighted by Gasteiger charge is -2.42. The van der Waals surface area contributed by atoms with Crippen molar-refractivity contribution in [3.05, 3.63) is 84.4 Å². The quantitative estimate of drug-likeness (QED) is 0.602. The van der Waals surface area contributed by atoms with Crippen LogP contribution >= 0.6 is 0 Å². The molecule has 2 aromatic rings. The van der Waals surface area contributed by atoms with Crippen LogP contribution in [-0.2, 0) is 17.9 Å². The Morgan fingerprint density at radius 1 is 0.960 bits per heavy atom. The molecule has 0 unspecified atom stereocenters. The van der Waals surface area contributed by atoms with Crippen LogP contribution in [0.15, 0.2) is 73.3 Å². The zero-order chi connectivity index (χ0) is 17.5. The first-order valence-corrected chi connectivity index (χ1v) is 9.21. The molecule has 1 aliphatic carbocycles. The van der Waals surface area contributed by atoms with E-state index in [-0.39, 0.29) is 5.92 Å². The Bertz CT molecular complexity index is 632. The van der Waals surface area contributed by atoms with Crippen LogP contribution < -0.4 is 0 Å². The van der Waals surface area contributed by atoms with Crippen molar-refractivity contribution in [3.8, 4) is 0 Å². The highest BCUT2D eigenvalue weighted by molar-refractivity contribution is 5.82. The van der Waals surface area contributed by atoms with Crippen LogP contribution in [0.1, 0.15) is 36.8 Å². The van der Waals surface area contributed by atoms with Gasteiger partial charge >= 0.3 is 0 Å². The van der Waals surface area contributed by atoms with Crippen molar-refractivity contribution < 1.29 is 4.79 Å². The van der Waals surface area contributed by atoms with Gasteiger partial charge in [-0.3, -0.25) is 9.69 Å². The standard InChI is InChI=1S/C23H27NO/c1-2-3-14-23(25)21-15-22(16-21)24(17-19-10-6-4-7-11-19)18-20-12-8-5-9-13-20/h2,4-13,21-22H,1,3,14-18H2/t21-,22+. The van der Waals surface area contributed by atoms with Crippen LogP contribution in [0.2, 0.25) is 0 Å². The van der Waals surface area contributed by atoms with Crippen LogP contribution in [0, 0.1) is 5.92 Å². The van der Waals surface area contributed by atoms with Crippen LogP contribution in [0.3, 0.4) is 0 Å². The summed E-state index contributed by atoms with van der Waals surface area (Å²) in [5.74, 6) is 0.662. The third-order valence-electron chi connectivity index (χ3n) is 5.14. The van der Waals surface area contributed by atoms with Crippen molar-refractivity contribution in [2.45, 2.75) is 44.8 Å². The van der Waals surface area contributed by atoms with E-state index in [9.17, 15) is 4.79 Å². The van der Waals surface area contributed by atoms with Crippen LogP contribution in [0.4, 0.5) is 0 Å². The molecule has 25 heavy (non-hydrogen) atoms. The van der Waals surface area contributed by atoms with E-state index in [0.29, 0.717) is 18.2 Å². The van der Waals surface area contributed by atoms with Gasteiger partial charge in [0.1, 0.15) is 5.78 Å². The molecule has 0 radical (unpaired) electrons. The molecular weight excluding hydrogens is 306 g/mol. The first-order valence-electron chi connectivity index (χ1n) is 9.21. The summed E-state index contributed by atoms with van der Waals surface area (Å²) in [6.07, 6.45) is 5.28. The third kappa shape index (κ3) is 4.90. The first-order chi connectivity index (χ1) is 12.3. The van der Waals surface area contributed by atoms with E-state index < -0.39 is 0 Å². The first kappa shape index (κ1) is 17.6. The van der Waals surface area contributed by atoms with Gasteiger partial charge in [-0.15, -0.1) is 6.58 Å². The number of Topliss-reactive ketones (excluding diaryl/α,β-unsaturated/α-hetero) is 1. The number of allylic oxidation sites excluding steroid dienone is 1. The highest BCUT2D eigenvalue weighted by Crippen LogP contribution is 2.35. The second-order valence-electron chi connectivity index (χ2n) is 6.99. The van der Waals surface area contributed by atoms with E-state index >= 15 is 0 Å². The van der Waals surface area contributed by atoms with Crippen molar-refractivity contribution in [2.75, 3.05) is 0 Å². The highest BCUT2D eigenvalue weighted by Gasteiger charge is 2.37. The van der Waals surface area contributed by atoms with E-state index in [2.05, 4.69) is 72.1 Å². The summed E-state index contributed by atoms with van der Waals surface area (Å²) in [7, 11) is 0. The van der Waals surface area contributed by atoms with E-state index in [4.69, 9.17) is 0 Å². The zero-order valence-electron chi connectivity index (χ0n) is 14.8. The number of carbonyl (C=O) groups excluding carboxylic acids is 1. The normalized spacial score (nSPS) is 19.4. The van der Waals surface area contributed by atoms with Gasteiger partial charge in [-0.2, -0.15) is 0 Å². The van der Waals surface area contributed by atoms with Crippen molar-refractivity contribution >= 4 is 5.78 Å². The van der Waals surface area contributed by atoms with Gasteiger partial charge in [0.05, 0.1) is 0 Å². The van der Waals surface area contributed by atoms with Crippen molar-refractivity contribution in [1.82, 2.24) is 4.90 Å². The third-order valence-corrected chi connectivity index (χ3v) is 5.14. The second kappa shape index (κ2) is 8.77. The molecular formula is C23H27NO. The minimum Gasteiger partial charge on any atom is -0.299 e. The van der Waals surface area contributed by atoms with Gasteiger partial charge in [0, 0.05) is 31.5 Å². The minimum absolute atomic E-state index is 0.249. The fraction of sp³-hybridized carbons (Fsp3) is 0.348. The smallest absolute Gasteiger partial charge is 0.136 e. The SMILES string of the molecule is C=CCCC(=O)[C@H]1C[C@@H](N(Cc2ccccc2)Cc2ccccc2)C1. The van der Waals surface area contributed by atoms with Crippen molar-refractivity contribution in [2.24, 2.45) is 5.92 Å². The molecule has 130 valence electrons. The van der Waals surface area contributed by atoms with Gasteiger partial charge in [-0.05, 0) is 30.4 Å². The Kier molecular flexibility index (Phi) is 6.19. The molecule has 2 heteroatoms. The fourth-order valence-corrected chi connectivity index (χ4v) is 3.55. The number of nitrogens with zero attached hydrogens (tertiary/aromatic N) is 1. The summed E-state index contributed by atoms with van der Waals surface area (Å²) < 4.78 is 0. The number of hydrogen-bond donors (Lipinski definition) is 0. The Labute approximate surface area is 151 Å². The topological polar surface area (TPSA) is 20.3 Å². The summed E-state index contributed by atoms with van der Waals surface area (Å²) in [5, 5.41) is 0. The van der Waals surface area contributed by atoms with E-state index in [1.807, 2.05) is 6.08 Å². The molecule has 2 nitrogen and oxygen atoms in total. The number of ketones is 1. The molecule has 0 heterocycles. The zero-order valence-corrected chi connectivity index (χ0v) is 14.8. The second-order valence-corrected chi connectivity index (χ2v) is 6.99. The summed E-state index contributed by atoms with van der Waals surface area (Å²) in [4.78, 5) is 14.7. The molecule has 0 N–H and O–H groups in total. The summed E-state index contributed by atoms with van der Waals surface area (Å²) >= 11 is 0. The van der Waals surface area contributed by atoms with E-state index in [1.165, 1.54) is 11.1 Å². The van der Waals surface area contributed by atoms with Gasteiger partial charge in [0.25, 0.3) is 0 Å². The largest absolute Gasteiger partial charge is 0.299 e. The molecule has 1 aliphatic rings. The maximum atomic E-state index is 12.2. The molecule has 0 saturated heterocycles. The lowest BCUT2D eigenvalue weighted by molar-refractivity contribution is -0.127. The Morgan fingerprint density at radius 3 is 1.96 bits per heavy atom. The van der Waals surface area contributed by atoms with E-state index in [0.717, 1.165) is 32.4 Å². The average molecular weight is 333 g/mol. The molecule has 0 amide bonds. The number of hydrogen-bond acceptors (Lipinski definition) is 2. The summed E-state index contributed by atoms with van der Waals surface area (Å²) in [6.45, 7) is 5.59. The lowest BCUT2D eigenvalue weighted by Crippen LogP contribution is -2.46. The van der Waals surface area contributed by atoms with Crippen molar-refractivity contribution in [3.63, 3.8) is 0 Å². The number of carbonyl (C=O) groups is 1. The molecule has 1 saturated carbocycles. The van der Waals surface area contributed by atoms with Gasteiger partial charge in [-0.1, -0.05) is 66.7 Å². The molecule has 2 aromatic carbocycles. The van der Waals surface area contributed by atoms with Gasteiger partial charge < -0.3 is 0 Å². The van der Waals surface area contributed by atoms with Gasteiger partial charge in [0.2, 0.25) is 0 Å². The molecule has 0 bridgehead atoms. The summed E-state index contributed by atoms with van der Waals surface area (Å²) in [5.41, 5.74) is 2.67. The number of benzene rings is 2. The average Bonchev–Trinajstić information content (AvgIpc) is 2.60. The fourth-order valence-electron chi connectivity index (χ4n) is 3.55. The lowest BCUT2D eigenvalue weighted by atomic mass is 9.75. The minimum atomic E-state index is 0.249. The Balaban J connectivity index is 1.63. The predicted molar refractivity (Wildman–Crippen MR) is 103 cm³/mol. The van der Waals surface area contributed by atoms with E-state index in [1.54, 1.807) is 0 Å². The predicted octanol–water partition coefficient (Wildman–Crippen LogP) is 5.00. The Hall–Kier alpha value is -2.19. The molecule has 0 spiro atoms. The van der Waals surface area contributed by atoms with Crippen molar-refractivity contribution in [1.29, 1.82) is 0 Å². The maximum absolute atomic E-state index is 12.2. The van der Waals surface area contributed by atoms with Crippen LogP contribution in [-0.4, -0.2) is 16.7 Å². The molecule has 0 aromatic heterocycles. The van der Waals surface area contributed by atoms with Crippen LogP contribution in [0.25, 0.3) is 0 Å².